The number of urea groups is 1. The minimum absolute atomic E-state index is 0.0496. The number of methoxy groups -OCH3 is 1. The summed E-state index contributed by atoms with van der Waals surface area (Å²) in [5, 5.41) is 2.22. The van der Waals surface area contributed by atoms with Gasteiger partial charge >= 0.3 is 12.2 Å². The molecular formula is C21H24F3N5O2. The molecule has 0 bridgehead atoms. The van der Waals surface area contributed by atoms with Gasteiger partial charge in [-0.05, 0) is 37.1 Å². The van der Waals surface area contributed by atoms with Gasteiger partial charge in [0.2, 0.25) is 5.95 Å². The summed E-state index contributed by atoms with van der Waals surface area (Å²) in [4.78, 5) is 25.2. The van der Waals surface area contributed by atoms with Crippen molar-refractivity contribution in [1.29, 1.82) is 0 Å². The summed E-state index contributed by atoms with van der Waals surface area (Å²) in [6, 6.07) is 6.89. The highest BCUT2D eigenvalue weighted by molar-refractivity contribution is 6.05. The van der Waals surface area contributed by atoms with Crippen LogP contribution >= 0.6 is 0 Å². The van der Waals surface area contributed by atoms with E-state index in [1.54, 1.807) is 41.2 Å². The summed E-state index contributed by atoms with van der Waals surface area (Å²) < 4.78 is 43.0. The van der Waals surface area contributed by atoms with E-state index in [0.717, 1.165) is 32.1 Å². The number of ether oxygens (including phenoxy) is 1. The van der Waals surface area contributed by atoms with Crippen molar-refractivity contribution in [2.45, 2.75) is 50.9 Å². The first-order chi connectivity index (χ1) is 14.9. The van der Waals surface area contributed by atoms with Gasteiger partial charge < -0.3 is 10.1 Å². The molecule has 7 nitrogen and oxygen atoms in total. The van der Waals surface area contributed by atoms with E-state index < -0.39 is 12.7 Å². The van der Waals surface area contributed by atoms with Gasteiger partial charge in [-0.15, -0.1) is 0 Å². The van der Waals surface area contributed by atoms with Crippen LogP contribution in [-0.2, 0) is 6.54 Å². The number of nitrogens with one attached hydrogen (secondary N) is 1. The smallest absolute Gasteiger partial charge is 0.405 e. The first-order valence-electron chi connectivity index (χ1n) is 10.3. The third-order valence-electron chi connectivity index (χ3n) is 5.61. The van der Waals surface area contributed by atoms with Gasteiger partial charge in [0.25, 0.3) is 0 Å². The van der Waals surface area contributed by atoms with Gasteiger partial charge in [0, 0.05) is 23.5 Å². The zero-order valence-corrected chi connectivity index (χ0v) is 17.2. The monoisotopic (exact) mass is 435 g/mol. The first-order valence-corrected chi connectivity index (χ1v) is 10.3. The highest BCUT2D eigenvalue weighted by atomic mass is 19.4. The Kier molecular flexibility index (Phi) is 5.88. The Labute approximate surface area is 178 Å². The molecule has 2 heterocycles. The lowest BCUT2D eigenvalue weighted by Crippen LogP contribution is -2.53. The van der Waals surface area contributed by atoms with E-state index in [0.29, 0.717) is 22.8 Å². The van der Waals surface area contributed by atoms with E-state index in [4.69, 9.17) is 4.74 Å². The second-order valence-corrected chi connectivity index (χ2v) is 7.74. The predicted octanol–water partition coefficient (Wildman–Crippen LogP) is 4.74. The van der Waals surface area contributed by atoms with Gasteiger partial charge in [0.1, 0.15) is 18.1 Å². The lowest BCUT2D eigenvalue weighted by atomic mass is 9.93. The molecule has 4 rings (SSSR count). The number of alkyl halides is 3. The number of hydrogen-bond acceptors (Lipinski definition) is 5. The zero-order chi connectivity index (χ0) is 22.0. The fraction of sp³-hybridized carbons (Fsp3) is 0.476. The van der Waals surface area contributed by atoms with Gasteiger partial charge in [-0.3, -0.25) is 9.80 Å². The van der Waals surface area contributed by atoms with Gasteiger partial charge in [0.05, 0.1) is 13.7 Å². The van der Waals surface area contributed by atoms with Crippen LogP contribution in [0.1, 0.15) is 37.7 Å². The molecule has 0 unspecified atom stereocenters. The molecule has 0 radical (unpaired) electrons. The zero-order valence-electron chi connectivity index (χ0n) is 17.2. The number of carbonyl (C=O) groups excluding carboxylic acids is 1. The maximum atomic E-state index is 13.5. The molecule has 1 aromatic carbocycles. The lowest BCUT2D eigenvalue weighted by molar-refractivity contribution is -0.115. The third kappa shape index (κ3) is 4.67. The molecule has 2 aromatic rings. The van der Waals surface area contributed by atoms with Crippen LogP contribution in [0.15, 0.2) is 30.5 Å². The molecular weight excluding hydrogens is 411 g/mol. The highest BCUT2D eigenvalue weighted by Crippen LogP contribution is 2.36. The Morgan fingerprint density at radius 3 is 2.52 bits per heavy atom. The van der Waals surface area contributed by atoms with Crippen molar-refractivity contribution in [3.8, 4) is 5.75 Å². The fourth-order valence-electron chi connectivity index (χ4n) is 4.07. The Balaban J connectivity index is 1.68. The van der Waals surface area contributed by atoms with Crippen molar-refractivity contribution in [3.63, 3.8) is 0 Å². The summed E-state index contributed by atoms with van der Waals surface area (Å²) in [5.41, 5.74) is 1.40. The first kappa shape index (κ1) is 21.2. The summed E-state index contributed by atoms with van der Waals surface area (Å²) >= 11 is 0. The average Bonchev–Trinajstić information content (AvgIpc) is 2.77. The van der Waals surface area contributed by atoms with E-state index in [2.05, 4.69) is 15.3 Å². The molecule has 1 aliphatic carbocycles. The molecule has 10 heteroatoms. The third-order valence-corrected chi connectivity index (χ3v) is 5.61. The topological polar surface area (TPSA) is 70.6 Å². The molecule has 1 N–H and O–H groups in total. The molecule has 1 aromatic heterocycles. The van der Waals surface area contributed by atoms with Crippen molar-refractivity contribution < 1.29 is 22.7 Å². The number of carbonyl (C=O) groups is 1. The SMILES string of the molecule is COc1ccc(N2Cc3cnc(NCC(F)(F)F)nc3N(C3CCCCC3)C2=O)cc1. The molecule has 1 saturated carbocycles. The lowest BCUT2D eigenvalue weighted by Gasteiger charge is -2.41. The van der Waals surface area contributed by atoms with Crippen LogP contribution in [0, 0.1) is 0 Å². The minimum atomic E-state index is -4.39. The molecule has 0 spiro atoms. The summed E-state index contributed by atoms with van der Waals surface area (Å²) in [6.45, 7) is -0.996. The average molecular weight is 435 g/mol. The Morgan fingerprint density at radius 2 is 1.87 bits per heavy atom. The van der Waals surface area contributed by atoms with Gasteiger partial charge in [0.15, 0.2) is 0 Å². The molecule has 2 aliphatic rings. The molecule has 166 valence electrons. The molecule has 2 amide bonds. The number of anilines is 3. The largest absolute Gasteiger partial charge is 0.497 e. The second-order valence-electron chi connectivity index (χ2n) is 7.74. The van der Waals surface area contributed by atoms with Gasteiger partial charge in [-0.1, -0.05) is 19.3 Å². The predicted molar refractivity (Wildman–Crippen MR) is 111 cm³/mol. The quantitative estimate of drug-likeness (QED) is 0.735. The van der Waals surface area contributed by atoms with E-state index in [1.165, 1.54) is 6.20 Å². The van der Waals surface area contributed by atoms with Gasteiger partial charge in [-0.2, -0.15) is 18.2 Å². The summed E-state index contributed by atoms with van der Waals surface area (Å²) in [7, 11) is 1.57. The Hall–Kier alpha value is -3.04. The van der Waals surface area contributed by atoms with E-state index >= 15 is 0 Å². The van der Waals surface area contributed by atoms with E-state index in [-0.39, 0.29) is 24.6 Å². The highest BCUT2D eigenvalue weighted by Gasteiger charge is 2.38. The van der Waals surface area contributed by atoms with Crippen molar-refractivity contribution in [3.05, 3.63) is 36.0 Å². The van der Waals surface area contributed by atoms with Crippen LogP contribution in [0.4, 0.5) is 35.4 Å². The summed E-state index contributed by atoms with van der Waals surface area (Å²) in [6.07, 6.45) is 1.87. The van der Waals surface area contributed by atoms with Gasteiger partial charge in [-0.25, -0.2) is 9.78 Å². The van der Waals surface area contributed by atoms with Crippen LogP contribution in [0.2, 0.25) is 0 Å². The van der Waals surface area contributed by atoms with Crippen LogP contribution in [0.25, 0.3) is 0 Å². The number of nitrogens with zero attached hydrogens (tertiary/aromatic N) is 4. The van der Waals surface area contributed by atoms with E-state index in [9.17, 15) is 18.0 Å². The van der Waals surface area contributed by atoms with Crippen molar-refractivity contribution in [2.24, 2.45) is 0 Å². The van der Waals surface area contributed by atoms with Crippen molar-refractivity contribution in [1.82, 2.24) is 9.97 Å². The number of hydrogen-bond donors (Lipinski definition) is 1. The normalized spacial score (nSPS) is 17.5. The van der Waals surface area contributed by atoms with E-state index in [1.807, 2.05) is 0 Å². The van der Waals surface area contributed by atoms with Crippen molar-refractivity contribution >= 4 is 23.5 Å². The second kappa shape index (κ2) is 8.60. The van der Waals surface area contributed by atoms with Crippen molar-refractivity contribution in [2.75, 3.05) is 28.8 Å². The maximum Gasteiger partial charge on any atom is 0.405 e. The standard InChI is InChI=1S/C21H24F3N5O2/c1-31-17-9-7-15(8-10-17)28-12-14-11-25-19(26-13-21(22,23)24)27-18(14)29(20(28)30)16-5-3-2-4-6-16/h7-11,16H,2-6,12-13H2,1H3,(H,25,26,27). The Bertz CT molecular complexity index is 930. The molecule has 0 atom stereocenters. The van der Waals surface area contributed by atoms with Crippen LogP contribution in [0.5, 0.6) is 5.75 Å². The number of rotatable bonds is 5. The van der Waals surface area contributed by atoms with Crippen LogP contribution in [0.3, 0.4) is 0 Å². The van der Waals surface area contributed by atoms with Crippen LogP contribution < -0.4 is 19.9 Å². The number of aromatic nitrogens is 2. The summed E-state index contributed by atoms with van der Waals surface area (Å²) in [5.74, 6) is 0.936. The number of amides is 2. The molecule has 1 fully saturated rings. The molecule has 1 aliphatic heterocycles. The maximum absolute atomic E-state index is 13.5. The molecule has 31 heavy (non-hydrogen) atoms. The number of halogens is 3. The molecule has 0 saturated heterocycles. The van der Waals surface area contributed by atoms with Crippen LogP contribution in [-0.4, -0.2) is 41.9 Å². The minimum Gasteiger partial charge on any atom is -0.497 e. The fourth-order valence-corrected chi connectivity index (χ4v) is 4.07. The number of benzene rings is 1. The Morgan fingerprint density at radius 1 is 1.16 bits per heavy atom. The number of fused-ring (bicyclic) bond motifs is 1.